The number of thioether (sulfide) groups is 1. The number of non-ortho nitro benzene ring substituents is 1. The number of rotatable bonds is 7. The topological polar surface area (TPSA) is 70.2 Å². The number of imidazole rings is 1. The molecular weight excluding hydrogens is 338 g/mol. The van der Waals surface area contributed by atoms with Crippen LogP contribution >= 0.6 is 11.8 Å². The summed E-state index contributed by atoms with van der Waals surface area (Å²) in [5, 5.41) is 11.9. The number of hydrogen-bond acceptors (Lipinski definition) is 5. The Labute approximate surface area is 150 Å². The SMILES string of the molecule is COCCn1c(SC(C)c2cccc([N+](=O)[O-])c2)nc2ccccc21. The Balaban J connectivity index is 1.91. The highest BCUT2D eigenvalue weighted by atomic mass is 32.2. The zero-order valence-electron chi connectivity index (χ0n) is 14.1. The number of methoxy groups -OCH3 is 1. The summed E-state index contributed by atoms with van der Waals surface area (Å²) in [6.07, 6.45) is 0. The average molecular weight is 357 g/mol. The van der Waals surface area contributed by atoms with Crippen LogP contribution in [0, 0.1) is 10.1 Å². The largest absolute Gasteiger partial charge is 0.383 e. The van der Waals surface area contributed by atoms with Crippen LogP contribution in [0.25, 0.3) is 11.0 Å². The average Bonchev–Trinajstić information content (AvgIpc) is 2.97. The van der Waals surface area contributed by atoms with Crippen molar-refractivity contribution in [1.82, 2.24) is 9.55 Å². The predicted octanol–water partition coefficient (Wildman–Crippen LogP) is 4.44. The fourth-order valence-corrected chi connectivity index (χ4v) is 3.73. The minimum atomic E-state index is -0.366. The van der Waals surface area contributed by atoms with Gasteiger partial charge < -0.3 is 9.30 Å². The van der Waals surface area contributed by atoms with Gasteiger partial charge in [-0.1, -0.05) is 36.0 Å². The van der Waals surface area contributed by atoms with Gasteiger partial charge in [-0.15, -0.1) is 0 Å². The number of nitro groups is 1. The molecular formula is C18H19N3O3S. The number of nitro benzene ring substituents is 1. The highest BCUT2D eigenvalue weighted by Gasteiger charge is 2.17. The van der Waals surface area contributed by atoms with Crippen LogP contribution < -0.4 is 0 Å². The van der Waals surface area contributed by atoms with Gasteiger partial charge in [0.05, 0.1) is 22.6 Å². The molecule has 3 rings (SSSR count). The smallest absolute Gasteiger partial charge is 0.269 e. The molecule has 3 aromatic rings. The lowest BCUT2D eigenvalue weighted by atomic mass is 10.1. The molecule has 1 atom stereocenters. The van der Waals surface area contributed by atoms with Crippen LogP contribution in [-0.2, 0) is 11.3 Å². The first kappa shape index (κ1) is 17.4. The minimum absolute atomic E-state index is 0.0398. The van der Waals surface area contributed by atoms with Crippen LogP contribution in [0.1, 0.15) is 17.7 Å². The van der Waals surface area contributed by atoms with E-state index in [-0.39, 0.29) is 15.9 Å². The van der Waals surface area contributed by atoms with Crippen molar-refractivity contribution < 1.29 is 9.66 Å². The summed E-state index contributed by atoms with van der Waals surface area (Å²) >= 11 is 1.59. The van der Waals surface area contributed by atoms with E-state index < -0.39 is 0 Å². The Morgan fingerprint density at radius 3 is 2.84 bits per heavy atom. The molecule has 0 radical (unpaired) electrons. The summed E-state index contributed by atoms with van der Waals surface area (Å²) in [7, 11) is 1.68. The van der Waals surface area contributed by atoms with E-state index in [2.05, 4.69) is 4.57 Å². The van der Waals surface area contributed by atoms with Crippen molar-refractivity contribution in [1.29, 1.82) is 0 Å². The molecule has 1 heterocycles. The molecule has 0 fully saturated rings. The number of benzene rings is 2. The Morgan fingerprint density at radius 1 is 1.28 bits per heavy atom. The molecule has 1 unspecified atom stereocenters. The van der Waals surface area contributed by atoms with Crippen LogP contribution in [0.2, 0.25) is 0 Å². The van der Waals surface area contributed by atoms with Gasteiger partial charge in [0.15, 0.2) is 5.16 Å². The molecule has 0 N–H and O–H groups in total. The van der Waals surface area contributed by atoms with Crippen LogP contribution in [0.4, 0.5) is 5.69 Å². The summed E-state index contributed by atoms with van der Waals surface area (Å²) in [6, 6.07) is 14.8. The highest BCUT2D eigenvalue weighted by molar-refractivity contribution is 7.99. The summed E-state index contributed by atoms with van der Waals surface area (Å²) in [6.45, 7) is 3.34. The molecule has 1 aromatic heterocycles. The van der Waals surface area contributed by atoms with Gasteiger partial charge >= 0.3 is 0 Å². The lowest BCUT2D eigenvalue weighted by Crippen LogP contribution is -2.06. The van der Waals surface area contributed by atoms with Gasteiger partial charge in [0.1, 0.15) is 0 Å². The van der Waals surface area contributed by atoms with E-state index in [0.29, 0.717) is 13.2 Å². The predicted molar refractivity (Wildman–Crippen MR) is 99.0 cm³/mol. The molecule has 25 heavy (non-hydrogen) atoms. The molecule has 0 amide bonds. The zero-order valence-corrected chi connectivity index (χ0v) is 14.9. The third kappa shape index (κ3) is 3.83. The summed E-state index contributed by atoms with van der Waals surface area (Å²) in [4.78, 5) is 15.4. The number of fused-ring (bicyclic) bond motifs is 1. The van der Waals surface area contributed by atoms with E-state index in [4.69, 9.17) is 9.72 Å². The Morgan fingerprint density at radius 2 is 2.08 bits per heavy atom. The molecule has 0 aliphatic heterocycles. The number of nitrogens with zero attached hydrogens (tertiary/aromatic N) is 3. The van der Waals surface area contributed by atoms with Gasteiger partial charge in [-0.25, -0.2) is 4.98 Å². The van der Waals surface area contributed by atoms with Crippen molar-refractivity contribution in [2.24, 2.45) is 0 Å². The van der Waals surface area contributed by atoms with Gasteiger partial charge in [-0.05, 0) is 24.6 Å². The second-order valence-electron chi connectivity index (χ2n) is 5.64. The molecule has 0 aliphatic carbocycles. The monoisotopic (exact) mass is 357 g/mol. The lowest BCUT2D eigenvalue weighted by molar-refractivity contribution is -0.384. The van der Waals surface area contributed by atoms with E-state index >= 15 is 0 Å². The van der Waals surface area contributed by atoms with Crippen LogP contribution in [0.15, 0.2) is 53.7 Å². The van der Waals surface area contributed by atoms with Gasteiger partial charge in [0.2, 0.25) is 0 Å². The number of para-hydroxylation sites is 2. The van der Waals surface area contributed by atoms with Crippen LogP contribution in [0.5, 0.6) is 0 Å². The van der Waals surface area contributed by atoms with Crippen molar-refractivity contribution in [2.75, 3.05) is 13.7 Å². The fraction of sp³-hybridized carbons (Fsp3) is 0.278. The summed E-state index contributed by atoms with van der Waals surface area (Å²) in [5.41, 5.74) is 3.02. The molecule has 7 heteroatoms. The first-order valence-electron chi connectivity index (χ1n) is 7.95. The van der Waals surface area contributed by atoms with Crippen molar-refractivity contribution >= 4 is 28.5 Å². The van der Waals surface area contributed by atoms with Gasteiger partial charge in [-0.3, -0.25) is 10.1 Å². The van der Waals surface area contributed by atoms with E-state index in [1.54, 1.807) is 31.0 Å². The third-order valence-electron chi connectivity index (χ3n) is 3.97. The Bertz CT molecular complexity index is 894. The number of aromatic nitrogens is 2. The van der Waals surface area contributed by atoms with Crippen molar-refractivity contribution in [3.05, 3.63) is 64.2 Å². The van der Waals surface area contributed by atoms with Crippen molar-refractivity contribution in [2.45, 2.75) is 23.9 Å². The first-order valence-corrected chi connectivity index (χ1v) is 8.83. The highest BCUT2D eigenvalue weighted by Crippen LogP contribution is 2.36. The van der Waals surface area contributed by atoms with E-state index in [0.717, 1.165) is 21.8 Å². The number of hydrogen-bond donors (Lipinski definition) is 0. The molecule has 0 spiro atoms. The molecule has 6 nitrogen and oxygen atoms in total. The normalized spacial score (nSPS) is 12.4. The standard InChI is InChI=1S/C18H19N3O3S/c1-13(14-6-5-7-15(12-14)21(22)23)25-18-19-16-8-3-4-9-17(16)20(18)10-11-24-2/h3-9,12-13H,10-11H2,1-2H3. The quantitative estimate of drug-likeness (QED) is 0.355. The maximum absolute atomic E-state index is 11.0. The third-order valence-corrected chi connectivity index (χ3v) is 5.12. The molecule has 0 bridgehead atoms. The van der Waals surface area contributed by atoms with E-state index in [1.807, 2.05) is 37.3 Å². The van der Waals surface area contributed by atoms with E-state index in [1.165, 1.54) is 6.07 Å². The molecule has 130 valence electrons. The van der Waals surface area contributed by atoms with Crippen molar-refractivity contribution in [3.63, 3.8) is 0 Å². The van der Waals surface area contributed by atoms with Crippen molar-refractivity contribution in [3.8, 4) is 0 Å². The fourth-order valence-electron chi connectivity index (χ4n) is 2.66. The second kappa shape index (κ2) is 7.67. The van der Waals surface area contributed by atoms with Gasteiger partial charge in [-0.2, -0.15) is 0 Å². The minimum Gasteiger partial charge on any atom is -0.383 e. The number of ether oxygens (including phenoxy) is 1. The molecule has 0 saturated heterocycles. The first-order chi connectivity index (χ1) is 12.1. The van der Waals surface area contributed by atoms with Gasteiger partial charge in [0, 0.05) is 31.0 Å². The Kier molecular flexibility index (Phi) is 5.35. The summed E-state index contributed by atoms with van der Waals surface area (Å²) in [5.74, 6) is 0. The maximum Gasteiger partial charge on any atom is 0.269 e. The molecule has 0 saturated carbocycles. The second-order valence-corrected chi connectivity index (χ2v) is 6.95. The summed E-state index contributed by atoms with van der Waals surface area (Å²) < 4.78 is 7.35. The van der Waals surface area contributed by atoms with Gasteiger partial charge in [0.25, 0.3) is 5.69 Å². The van der Waals surface area contributed by atoms with Crippen LogP contribution in [-0.4, -0.2) is 28.2 Å². The van der Waals surface area contributed by atoms with Crippen LogP contribution in [0.3, 0.4) is 0 Å². The zero-order chi connectivity index (χ0) is 17.8. The van der Waals surface area contributed by atoms with E-state index in [9.17, 15) is 10.1 Å². The molecule has 0 aliphatic rings. The Hall–Kier alpha value is -2.38. The maximum atomic E-state index is 11.0. The molecule has 2 aromatic carbocycles. The lowest BCUT2D eigenvalue weighted by Gasteiger charge is -2.13.